The third kappa shape index (κ3) is 5.08. The van der Waals surface area contributed by atoms with E-state index >= 15 is 9.18 Å². The van der Waals surface area contributed by atoms with Crippen molar-refractivity contribution in [2.45, 2.75) is 24.2 Å². The molecule has 9 nitrogen and oxygen atoms in total. The molecule has 4 amide bonds. The number of nitrogens with one attached hydrogen (secondary N) is 1. The van der Waals surface area contributed by atoms with E-state index in [1.165, 1.54) is 30.2 Å². The average Bonchev–Trinajstić information content (AvgIpc) is 3.51. The quantitative estimate of drug-likeness (QED) is 0.151. The van der Waals surface area contributed by atoms with Crippen LogP contribution in [0.5, 0.6) is 11.5 Å². The van der Waals surface area contributed by atoms with Crippen molar-refractivity contribution in [2.24, 2.45) is 23.7 Å². The molecule has 0 bridgehead atoms. The third-order valence-electron chi connectivity index (χ3n) is 11.0. The molecule has 4 aromatic rings. The maximum Gasteiger partial charge on any atom is 0.260 e. The van der Waals surface area contributed by atoms with Crippen molar-refractivity contribution < 1.29 is 33.4 Å². The van der Waals surface area contributed by atoms with Gasteiger partial charge in [-0.15, -0.1) is 0 Å². The Morgan fingerprint density at radius 3 is 2.31 bits per heavy atom. The summed E-state index contributed by atoms with van der Waals surface area (Å²) in [6.45, 7) is 0. The molecule has 2 heterocycles. The summed E-state index contributed by atoms with van der Waals surface area (Å²) >= 11 is 16.0. The number of hydrazine groups is 1. The number of anilines is 2. The number of carbonyl (C=O) groups excluding carboxylic acids is 4. The maximum atomic E-state index is 15.3. The van der Waals surface area contributed by atoms with Gasteiger partial charge in [0, 0.05) is 15.4 Å². The van der Waals surface area contributed by atoms with Crippen LogP contribution in [0, 0.1) is 29.5 Å². The highest BCUT2D eigenvalue weighted by molar-refractivity contribution is 9.10. The predicted octanol–water partition coefficient (Wildman–Crippen LogP) is 7.80. The molecule has 4 aliphatic rings. The Morgan fingerprint density at radius 1 is 0.904 bits per heavy atom. The molecular formula is C39H29BrCl2FN3O6. The average molecular weight is 805 g/mol. The van der Waals surface area contributed by atoms with E-state index in [9.17, 15) is 19.5 Å². The number of carbonyl (C=O) groups is 4. The second-order valence-corrected chi connectivity index (χ2v) is 15.2. The summed E-state index contributed by atoms with van der Waals surface area (Å²) in [5, 5.41) is 11.7. The largest absolute Gasteiger partial charge is 0.505 e. The van der Waals surface area contributed by atoms with Crippen molar-refractivity contribution in [1.29, 1.82) is 0 Å². The zero-order valence-electron chi connectivity index (χ0n) is 27.4. The first-order valence-corrected chi connectivity index (χ1v) is 18.1. The van der Waals surface area contributed by atoms with Gasteiger partial charge in [0.15, 0.2) is 11.6 Å². The van der Waals surface area contributed by atoms with E-state index in [0.29, 0.717) is 33.2 Å². The van der Waals surface area contributed by atoms with E-state index in [0.717, 1.165) is 15.5 Å². The standard InChI is InChI=1S/C39H29BrCl2FN3O6/c1-52-24-10-3-20(4-11-24)39-28(36(49)46(38(39)51)44-31-14-7-22(41)17-29(31)42)18-27-25(34(39)19-2-15-32(47)30(43)16-19)12-13-26-33(27)37(50)45(35(26)48)23-8-5-21(40)6-9-23/h2-12,14-17,26-28,33-34,44,47H,13,18H2,1H3. The fraction of sp³-hybridized carbons (Fsp3) is 0.231. The molecule has 0 aromatic heterocycles. The normalized spacial score (nSPS) is 26.6. The van der Waals surface area contributed by atoms with Crippen LogP contribution in [0.3, 0.4) is 0 Å². The Hall–Kier alpha value is -4.71. The van der Waals surface area contributed by atoms with Crippen molar-refractivity contribution in [1.82, 2.24) is 5.01 Å². The van der Waals surface area contributed by atoms with Gasteiger partial charge in [-0.3, -0.25) is 29.5 Å². The first-order chi connectivity index (χ1) is 24.9. The summed E-state index contributed by atoms with van der Waals surface area (Å²) in [5.74, 6) is -7.22. The molecule has 52 heavy (non-hydrogen) atoms. The fourth-order valence-corrected chi connectivity index (χ4v) is 9.48. The number of phenolic OH excluding ortho intramolecular Hbond substituents is 1. The van der Waals surface area contributed by atoms with E-state index in [-0.39, 0.29) is 29.5 Å². The van der Waals surface area contributed by atoms with E-state index in [1.807, 2.05) is 6.08 Å². The van der Waals surface area contributed by atoms with Crippen LogP contribution < -0.4 is 15.1 Å². The van der Waals surface area contributed by atoms with E-state index < -0.39 is 64.3 Å². The Bertz CT molecular complexity index is 2220. The second-order valence-electron chi connectivity index (χ2n) is 13.4. The molecule has 2 N–H and O–H groups in total. The minimum absolute atomic E-state index is 0.0421. The number of allylic oxidation sites excluding steroid dienone is 2. The molecule has 0 radical (unpaired) electrons. The molecule has 2 saturated heterocycles. The number of methoxy groups -OCH3 is 1. The summed E-state index contributed by atoms with van der Waals surface area (Å²) in [7, 11) is 1.51. The molecule has 6 atom stereocenters. The lowest BCUT2D eigenvalue weighted by molar-refractivity contribution is -0.138. The van der Waals surface area contributed by atoms with E-state index in [4.69, 9.17) is 27.9 Å². The summed E-state index contributed by atoms with van der Waals surface area (Å²) in [6, 6.07) is 22.2. The Balaban J connectivity index is 1.33. The number of phenols is 1. The van der Waals surface area contributed by atoms with Gasteiger partial charge in [0.2, 0.25) is 11.8 Å². The van der Waals surface area contributed by atoms with Crippen molar-refractivity contribution >= 4 is 74.1 Å². The van der Waals surface area contributed by atoms with Crippen LogP contribution in [0.4, 0.5) is 15.8 Å². The minimum Gasteiger partial charge on any atom is -0.505 e. The number of hydrogen-bond donors (Lipinski definition) is 2. The number of imide groups is 2. The molecule has 2 aliphatic carbocycles. The lowest BCUT2D eigenvalue weighted by Gasteiger charge is -2.50. The summed E-state index contributed by atoms with van der Waals surface area (Å²) in [6.07, 6.45) is 2.11. The smallest absolute Gasteiger partial charge is 0.260 e. The Labute approximate surface area is 316 Å². The first-order valence-electron chi connectivity index (χ1n) is 16.5. The topological polar surface area (TPSA) is 116 Å². The van der Waals surface area contributed by atoms with E-state index in [1.54, 1.807) is 60.7 Å². The van der Waals surface area contributed by atoms with Gasteiger partial charge in [-0.05, 0) is 96.6 Å². The first kappa shape index (κ1) is 34.4. The highest BCUT2D eigenvalue weighted by Crippen LogP contribution is 2.64. The minimum atomic E-state index is -1.66. The molecule has 4 aromatic carbocycles. The second kappa shape index (κ2) is 12.8. The van der Waals surface area contributed by atoms with Gasteiger partial charge in [0.25, 0.3) is 11.8 Å². The lowest BCUT2D eigenvalue weighted by Crippen LogP contribution is -2.53. The number of halogens is 4. The molecular weight excluding hydrogens is 776 g/mol. The van der Waals surface area contributed by atoms with Crippen molar-refractivity contribution in [3.8, 4) is 11.5 Å². The van der Waals surface area contributed by atoms with Crippen LogP contribution in [0.15, 0.2) is 101 Å². The Morgan fingerprint density at radius 2 is 1.63 bits per heavy atom. The zero-order chi connectivity index (χ0) is 36.6. The molecule has 264 valence electrons. The summed E-state index contributed by atoms with van der Waals surface area (Å²) < 4.78 is 21.5. The van der Waals surface area contributed by atoms with Gasteiger partial charge in [-0.1, -0.05) is 69.0 Å². The molecule has 1 saturated carbocycles. The van der Waals surface area contributed by atoms with Crippen LogP contribution >= 0.6 is 39.1 Å². The summed E-state index contributed by atoms with van der Waals surface area (Å²) in [4.78, 5) is 59.7. The van der Waals surface area contributed by atoms with Gasteiger partial charge in [0.1, 0.15) is 5.75 Å². The van der Waals surface area contributed by atoms with Gasteiger partial charge < -0.3 is 9.84 Å². The number of benzene rings is 4. The van der Waals surface area contributed by atoms with Crippen molar-refractivity contribution in [3.05, 3.63) is 128 Å². The SMILES string of the molecule is COc1ccc(C23C(=O)N(Nc4ccc(Cl)cc4Cl)C(=O)C2CC2C(=CCC4C(=O)N(c5ccc(Br)cc5)C(=O)C42)C3c2ccc(O)c(F)c2)cc1. The molecule has 8 rings (SSSR count). The third-order valence-corrected chi connectivity index (χ3v) is 12.0. The molecule has 13 heteroatoms. The molecule has 6 unspecified atom stereocenters. The molecule has 2 aliphatic heterocycles. The number of amides is 4. The van der Waals surface area contributed by atoms with Crippen LogP contribution in [0.1, 0.15) is 29.9 Å². The molecule has 3 fully saturated rings. The van der Waals surface area contributed by atoms with Crippen LogP contribution in [0.2, 0.25) is 10.0 Å². The van der Waals surface area contributed by atoms with Crippen LogP contribution in [-0.4, -0.2) is 40.9 Å². The number of aromatic hydroxyl groups is 1. The van der Waals surface area contributed by atoms with Crippen molar-refractivity contribution in [3.63, 3.8) is 0 Å². The number of fused-ring (bicyclic) bond motifs is 4. The van der Waals surface area contributed by atoms with Crippen LogP contribution in [0.25, 0.3) is 0 Å². The van der Waals surface area contributed by atoms with E-state index in [2.05, 4.69) is 21.4 Å². The van der Waals surface area contributed by atoms with Crippen molar-refractivity contribution in [2.75, 3.05) is 17.4 Å². The monoisotopic (exact) mass is 803 g/mol. The number of rotatable bonds is 6. The Kier molecular flexibility index (Phi) is 8.43. The predicted molar refractivity (Wildman–Crippen MR) is 195 cm³/mol. The highest BCUT2D eigenvalue weighted by atomic mass is 79.9. The van der Waals surface area contributed by atoms with Crippen LogP contribution in [-0.2, 0) is 24.6 Å². The number of nitrogens with zero attached hydrogens (tertiary/aromatic N) is 2. The van der Waals surface area contributed by atoms with Gasteiger partial charge >= 0.3 is 0 Å². The van der Waals surface area contributed by atoms with Gasteiger partial charge in [0.05, 0.1) is 46.7 Å². The van der Waals surface area contributed by atoms with Gasteiger partial charge in [-0.25, -0.2) is 4.39 Å². The fourth-order valence-electron chi connectivity index (χ4n) is 8.77. The van der Waals surface area contributed by atoms with Gasteiger partial charge in [-0.2, -0.15) is 5.01 Å². The zero-order valence-corrected chi connectivity index (χ0v) is 30.5. The lowest BCUT2D eigenvalue weighted by atomic mass is 9.49. The molecule has 0 spiro atoms. The number of hydrogen-bond acceptors (Lipinski definition) is 7. The summed E-state index contributed by atoms with van der Waals surface area (Å²) in [5.41, 5.74) is 3.38. The number of ether oxygens (including phenoxy) is 1. The highest BCUT2D eigenvalue weighted by Gasteiger charge is 2.70. The maximum absolute atomic E-state index is 15.3.